The SMILES string of the molecule is C#CCCCC.[Co].[Co]. The molecule has 0 amide bonds. The van der Waals surface area contributed by atoms with Crippen molar-refractivity contribution in [2.75, 3.05) is 0 Å². The van der Waals surface area contributed by atoms with Crippen LogP contribution >= 0.6 is 0 Å². The first-order chi connectivity index (χ1) is 2.91. The summed E-state index contributed by atoms with van der Waals surface area (Å²) in [6.45, 7) is 2.14. The molecule has 2 heteroatoms. The standard InChI is InChI=1S/C6H10.2Co/c1-3-5-6-4-2;;/h1H,4-6H2,2H3;;. The molecular formula is C6H10Co2. The Bertz CT molecular complexity index is 54.0. The van der Waals surface area contributed by atoms with Crippen LogP contribution in [-0.2, 0) is 33.6 Å². The largest absolute Gasteiger partial charge is 0.120 e. The molecule has 0 unspecified atom stereocenters. The first-order valence-electron chi connectivity index (χ1n) is 2.35. The van der Waals surface area contributed by atoms with Crippen molar-refractivity contribution in [1.82, 2.24) is 0 Å². The van der Waals surface area contributed by atoms with E-state index in [4.69, 9.17) is 6.42 Å². The third-order valence-electron chi connectivity index (χ3n) is 0.675. The van der Waals surface area contributed by atoms with Gasteiger partial charge in [-0.2, -0.15) is 0 Å². The van der Waals surface area contributed by atoms with Crippen molar-refractivity contribution in [2.24, 2.45) is 0 Å². The Hall–Kier alpha value is 0.573. The zero-order chi connectivity index (χ0) is 4.83. The molecule has 52 valence electrons. The Balaban J connectivity index is -0.000000125. The summed E-state index contributed by atoms with van der Waals surface area (Å²) in [6, 6.07) is 0. The Morgan fingerprint density at radius 1 is 1.38 bits per heavy atom. The molecule has 0 N–H and O–H groups in total. The molecule has 2 radical (unpaired) electrons. The first kappa shape index (κ1) is 15.8. The van der Waals surface area contributed by atoms with Crippen LogP contribution in [0.1, 0.15) is 26.2 Å². The van der Waals surface area contributed by atoms with E-state index in [9.17, 15) is 0 Å². The molecule has 0 aliphatic heterocycles. The van der Waals surface area contributed by atoms with Gasteiger partial charge in [0, 0.05) is 40.0 Å². The fraction of sp³-hybridized carbons (Fsp3) is 0.667. The quantitative estimate of drug-likeness (QED) is 0.471. The molecule has 0 rings (SSSR count). The molecule has 0 nitrogen and oxygen atoms in total. The summed E-state index contributed by atoms with van der Waals surface area (Å²) in [6.07, 6.45) is 8.30. The van der Waals surface area contributed by atoms with Crippen LogP contribution in [-0.4, -0.2) is 0 Å². The van der Waals surface area contributed by atoms with Crippen LogP contribution < -0.4 is 0 Å². The van der Waals surface area contributed by atoms with E-state index in [0.717, 1.165) is 6.42 Å². The van der Waals surface area contributed by atoms with Gasteiger partial charge in [0.15, 0.2) is 0 Å². The van der Waals surface area contributed by atoms with Crippen molar-refractivity contribution < 1.29 is 33.6 Å². The van der Waals surface area contributed by atoms with Gasteiger partial charge in [-0.05, 0) is 6.42 Å². The average Bonchev–Trinajstić information content (AvgIpc) is 1.61. The van der Waals surface area contributed by atoms with Gasteiger partial charge in [-0.25, -0.2) is 0 Å². The van der Waals surface area contributed by atoms with E-state index >= 15 is 0 Å². The van der Waals surface area contributed by atoms with Gasteiger partial charge in [-0.15, -0.1) is 12.3 Å². The zero-order valence-corrected chi connectivity index (χ0v) is 6.95. The fourth-order valence-electron chi connectivity index (χ4n) is 0.279. The van der Waals surface area contributed by atoms with Crippen molar-refractivity contribution in [3.63, 3.8) is 0 Å². The third kappa shape index (κ3) is 16.0. The molecule has 8 heavy (non-hydrogen) atoms. The maximum Gasteiger partial charge on any atom is 0.00859 e. The summed E-state index contributed by atoms with van der Waals surface area (Å²) in [4.78, 5) is 0. The van der Waals surface area contributed by atoms with Gasteiger partial charge in [0.05, 0.1) is 0 Å². The summed E-state index contributed by atoms with van der Waals surface area (Å²) in [7, 11) is 0. The van der Waals surface area contributed by atoms with Crippen LogP contribution in [0.4, 0.5) is 0 Å². The Morgan fingerprint density at radius 3 is 2.00 bits per heavy atom. The van der Waals surface area contributed by atoms with Gasteiger partial charge < -0.3 is 0 Å². The summed E-state index contributed by atoms with van der Waals surface area (Å²) in [5.74, 6) is 2.57. The van der Waals surface area contributed by atoms with E-state index in [1.165, 1.54) is 12.8 Å². The number of terminal acetylenes is 1. The van der Waals surface area contributed by atoms with Crippen molar-refractivity contribution in [1.29, 1.82) is 0 Å². The molecule has 0 aliphatic carbocycles. The van der Waals surface area contributed by atoms with Crippen molar-refractivity contribution in [3.8, 4) is 12.3 Å². The molecular weight excluding hydrogens is 190 g/mol. The predicted octanol–water partition coefficient (Wildman–Crippen LogP) is 1.80. The minimum atomic E-state index is 0. The van der Waals surface area contributed by atoms with Gasteiger partial charge in [-0.3, -0.25) is 0 Å². The van der Waals surface area contributed by atoms with Crippen LogP contribution in [0.5, 0.6) is 0 Å². The summed E-state index contributed by atoms with van der Waals surface area (Å²) in [5, 5.41) is 0. The second-order valence-corrected chi connectivity index (χ2v) is 1.31. The zero-order valence-electron chi connectivity index (χ0n) is 4.87. The first-order valence-corrected chi connectivity index (χ1v) is 2.35. The number of hydrogen-bond donors (Lipinski definition) is 0. The molecule has 0 aliphatic rings. The minimum absolute atomic E-state index is 0. The summed E-state index contributed by atoms with van der Waals surface area (Å²) in [5.41, 5.74) is 0. The number of unbranched alkanes of at least 4 members (excludes halogenated alkanes) is 2. The average molecular weight is 200 g/mol. The molecule has 0 saturated carbocycles. The summed E-state index contributed by atoms with van der Waals surface area (Å²) < 4.78 is 0. The van der Waals surface area contributed by atoms with Crippen LogP contribution in [0.2, 0.25) is 0 Å². The van der Waals surface area contributed by atoms with Gasteiger partial charge in [0.2, 0.25) is 0 Å². The van der Waals surface area contributed by atoms with E-state index in [-0.39, 0.29) is 33.6 Å². The van der Waals surface area contributed by atoms with Crippen LogP contribution in [0.3, 0.4) is 0 Å². The second-order valence-electron chi connectivity index (χ2n) is 1.31. The van der Waals surface area contributed by atoms with Crippen LogP contribution in [0.15, 0.2) is 0 Å². The monoisotopic (exact) mass is 200 g/mol. The van der Waals surface area contributed by atoms with E-state index in [1.807, 2.05) is 0 Å². The molecule has 0 spiro atoms. The molecule has 0 atom stereocenters. The van der Waals surface area contributed by atoms with E-state index in [0.29, 0.717) is 0 Å². The summed E-state index contributed by atoms with van der Waals surface area (Å²) >= 11 is 0. The molecule has 0 aromatic heterocycles. The van der Waals surface area contributed by atoms with Gasteiger partial charge in [0.1, 0.15) is 0 Å². The minimum Gasteiger partial charge on any atom is -0.120 e. The van der Waals surface area contributed by atoms with Crippen LogP contribution in [0, 0.1) is 12.3 Å². The fourth-order valence-corrected chi connectivity index (χ4v) is 0.279. The molecule has 0 aromatic rings. The number of hydrogen-bond acceptors (Lipinski definition) is 0. The molecule has 0 bridgehead atoms. The van der Waals surface area contributed by atoms with Gasteiger partial charge >= 0.3 is 0 Å². The maximum absolute atomic E-state index is 4.96. The maximum atomic E-state index is 4.96. The van der Waals surface area contributed by atoms with E-state index in [1.54, 1.807) is 0 Å². The van der Waals surface area contributed by atoms with Crippen LogP contribution in [0.25, 0.3) is 0 Å². The van der Waals surface area contributed by atoms with Gasteiger partial charge in [0.25, 0.3) is 0 Å². The van der Waals surface area contributed by atoms with Gasteiger partial charge in [-0.1, -0.05) is 13.3 Å². The third-order valence-corrected chi connectivity index (χ3v) is 0.675. The Kier molecular flexibility index (Phi) is 31.0. The number of rotatable bonds is 2. The smallest absolute Gasteiger partial charge is 0.00859 e. The Morgan fingerprint density at radius 2 is 1.88 bits per heavy atom. The molecule has 0 heterocycles. The molecule has 0 fully saturated rings. The topological polar surface area (TPSA) is 0 Å². The normalized spacial score (nSPS) is 5.50. The Labute approximate surface area is 72.2 Å². The van der Waals surface area contributed by atoms with Crippen molar-refractivity contribution >= 4 is 0 Å². The van der Waals surface area contributed by atoms with E-state index < -0.39 is 0 Å². The molecule has 0 aromatic carbocycles. The van der Waals surface area contributed by atoms with Crippen molar-refractivity contribution in [2.45, 2.75) is 26.2 Å². The molecule has 0 saturated heterocycles. The van der Waals surface area contributed by atoms with Crippen molar-refractivity contribution in [3.05, 3.63) is 0 Å². The second kappa shape index (κ2) is 15.6. The predicted molar refractivity (Wildman–Crippen MR) is 28.4 cm³/mol. The van der Waals surface area contributed by atoms with E-state index in [2.05, 4.69) is 12.8 Å².